The van der Waals surface area contributed by atoms with Crippen LogP contribution in [0.1, 0.15) is 16.3 Å². The number of amides is 1. The normalized spacial score (nSPS) is 17.1. The first kappa shape index (κ1) is 18.4. The summed E-state index contributed by atoms with van der Waals surface area (Å²) in [6, 6.07) is 7.32. The second-order valence-electron chi connectivity index (χ2n) is 5.70. The minimum absolute atomic E-state index is 0.167. The molecule has 0 radical (unpaired) electrons. The Bertz CT molecular complexity index is 1080. The van der Waals surface area contributed by atoms with Gasteiger partial charge >= 0.3 is 0 Å². The number of carbonyl (C=O) groups excluding carboxylic acids is 1. The van der Waals surface area contributed by atoms with Gasteiger partial charge in [-0.2, -0.15) is 4.99 Å². The number of nitrogens with one attached hydrogen (secondary N) is 1. The topological polar surface area (TPSA) is 67.2 Å². The Morgan fingerprint density at radius 3 is 2.67 bits per heavy atom. The van der Waals surface area contributed by atoms with Crippen LogP contribution < -0.4 is 5.32 Å². The Hall–Kier alpha value is -2.00. The maximum absolute atomic E-state index is 12.2. The fourth-order valence-electron chi connectivity index (χ4n) is 2.47. The number of hydrogen-bond acceptors (Lipinski definition) is 7. The number of aromatic nitrogens is 2. The molecule has 0 bridgehead atoms. The molecule has 0 unspecified atom stereocenters. The standard InChI is InChI=1S/C18H13ClN4OS3/c1-9-15(26-10(2)20-9)13-8-25-17(21-13)23-18-22-16(24)14(27-18)7-11-3-5-12(19)6-4-11/h3-8H,1-2H3,(H,21,22,23,24)/b14-7+. The summed E-state index contributed by atoms with van der Waals surface area (Å²) in [6.45, 7) is 3.96. The molecular formula is C18H13ClN4OS3. The molecule has 5 nitrogen and oxygen atoms in total. The van der Waals surface area contributed by atoms with Crippen LogP contribution >= 0.6 is 46.0 Å². The second kappa shape index (κ2) is 7.55. The Kier molecular flexibility index (Phi) is 5.14. The highest BCUT2D eigenvalue weighted by Crippen LogP contribution is 2.34. The number of aryl methyl sites for hydroxylation is 2. The van der Waals surface area contributed by atoms with Crippen LogP contribution in [-0.4, -0.2) is 21.0 Å². The molecule has 1 saturated heterocycles. The SMILES string of the molecule is Cc1nc(C)c(-c2csc(/N=C3\NC(=O)/C(=C\c4ccc(Cl)cc4)S3)n2)s1. The highest BCUT2D eigenvalue weighted by molar-refractivity contribution is 8.18. The first-order valence-corrected chi connectivity index (χ1v) is 10.8. The van der Waals surface area contributed by atoms with Crippen LogP contribution in [-0.2, 0) is 4.79 Å². The van der Waals surface area contributed by atoms with Gasteiger partial charge < -0.3 is 5.32 Å². The van der Waals surface area contributed by atoms with Gasteiger partial charge in [-0.3, -0.25) is 4.79 Å². The largest absolute Gasteiger partial charge is 0.300 e. The molecule has 0 spiro atoms. The third-order valence-corrected chi connectivity index (χ3v) is 6.64. The molecule has 0 saturated carbocycles. The number of carbonyl (C=O) groups is 1. The summed E-state index contributed by atoms with van der Waals surface area (Å²) in [5.41, 5.74) is 2.75. The van der Waals surface area contributed by atoms with Gasteiger partial charge in [-0.25, -0.2) is 9.97 Å². The summed E-state index contributed by atoms with van der Waals surface area (Å²) < 4.78 is 0. The summed E-state index contributed by atoms with van der Waals surface area (Å²) in [5, 5.41) is 7.55. The van der Waals surface area contributed by atoms with Gasteiger partial charge in [0.25, 0.3) is 5.91 Å². The number of nitrogens with zero attached hydrogens (tertiary/aromatic N) is 3. The molecule has 9 heteroatoms. The maximum atomic E-state index is 12.2. The molecule has 2 aromatic heterocycles. The van der Waals surface area contributed by atoms with Gasteiger partial charge in [-0.15, -0.1) is 22.7 Å². The van der Waals surface area contributed by atoms with Crippen LogP contribution in [0.5, 0.6) is 0 Å². The molecule has 1 amide bonds. The Labute approximate surface area is 173 Å². The van der Waals surface area contributed by atoms with Crippen LogP contribution in [0.25, 0.3) is 16.6 Å². The van der Waals surface area contributed by atoms with E-state index in [9.17, 15) is 4.79 Å². The van der Waals surface area contributed by atoms with E-state index in [1.165, 1.54) is 23.1 Å². The molecule has 0 atom stereocenters. The Morgan fingerprint density at radius 1 is 1.19 bits per heavy atom. The molecule has 1 N–H and O–H groups in total. The van der Waals surface area contributed by atoms with E-state index < -0.39 is 0 Å². The van der Waals surface area contributed by atoms with Crippen molar-refractivity contribution in [3.63, 3.8) is 0 Å². The van der Waals surface area contributed by atoms with Crippen molar-refractivity contribution >= 4 is 68.3 Å². The van der Waals surface area contributed by atoms with Crippen LogP contribution in [0, 0.1) is 13.8 Å². The minimum atomic E-state index is -0.167. The lowest BCUT2D eigenvalue weighted by Gasteiger charge is -1.95. The molecule has 3 aromatic rings. The van der Waals surface area contributed by atoms with E-state index in [4.69, 9.17) is 11.6 Å². The van der Waals surface area contributed by atoms with Crippen molar-refractivity contribution in [1.82, 2.24) is 15.3 Å². The quantitative estimate of drug-likeness (QED) is 0.560. The van der Waals surface area contributed by atoms with Crippen molar-refractivity contribution in [2.24, 2.45) is 4.99 Å². The average molecular weight is 433 g/mol. The lowest BCUT2D eigenvalue weighted by atomic mass is 10.2. The van der Waals surface area contributed by atoms with Gasteiger partial charge in [0.2, 0.25) is 5.13 Å². The summed E-state index contributed by atoms with van der Waals surface area (Å²) in [5.74, 6) is -0.167. The minimum Gasteiger partial charge on any atom is -0.300 e. The van der Waals surface area contributed by atoms with Gasteiger partial charge in [0, 0.05) is 10.4 Å². The number of aliphatic imine (C=N–C) groups is 1. The molecule has 1 aliphatic heterocycles. The molecule has 1 fully saturated rings. The van der Waals surface area contributed by atoms with E-state index >= 15 is 0 Å². The molecule has 4 rings (SSSR count). The summed E-state index contributed by atoms with van der Waals surface area (Å²) in [7, 11) is 0. The van der Waals surface area contributed by atoms with Crippen molar-refractivity contribution in [1.29, 1.82) is 0 Å². The Balaban J connectivity index is 1.54. The first-order valence-electron chi connectivity index (χ1n) is 7.93. The summed E-state index contributed by atoms with van der Waals surface area (Å²) in [4.78, 5) is 27.3. The van der Waals surface area contributed by atoms with Crippen molar-refractivity contribution in [2.45, 2.75) is 13.8 Å². The zero-order valence-corrected chi connectivity index (χ0v) is 17.5. The van der Waals surface area contributed by atoms with E-state index in [-0.39, 0.29) is 5.91 Å². The molecule has 3 heterocycles. The third-order valence-electron chi connectivity index (χ3n) is 3.64. The van der Waals surface area contributed by atoms with Crippen LogP contribution in [0.2, 0.25) is 5.02 Å². The number of benzene rings is 1. The number of rotatable bonds is 3. The van der Waals surface area contributed by atoms with E-state index in [1.54, 1.807) is 23.5 Å². The summed E-state index contributed by atoms with van der Waals surface area (Å²) >= 11 is 10.3. The average Bonchev–Trinajstić information content (AvgIpc) is 3.30. The van der Waals surface area contributed by atoms with E-state index in [1.807, 2.05) is 37.4 Å². The van der Waals surface area contributed by atoms with Crippen molar-refractivity contribution in [3.05, 3.63) is 55.8 Å². The smallest absolute Gasteiger partial charge is 0.264 e. The van der Waals surface area contributed by atoms with Gasteiger partial charge in [0.05, 0.1) is 26.2 Å². The predicted octanol–water partition coefficient (Wildman–Crippen LogP) is 5.43. The molecule has 0 aliphatic carbocycles. The van der Waals surface area contributed by atoms with Crippen LogP contribution in [0.3, 0.4) is 0 Å². The van der Waals surface area contributed by atoms with E-state index in [0.29, 0.717) is 20.2 Å². The highest BCUT2D eigenvalue weighted by Gasteiger charge is 2.24. The number of halogens is 1. The van der Waals surface area contributed by atoms with Gasteiger partial charge in [0.1, 0.15) is 0 Å². The highest BCUT2D eigenvalue weighted by atomic mass is 35.5. The lowest BCUT2D eigenvalue weighted by Crippen LogP contribution is -2.19. The fourth-order valence-corrected chi connectivity index (χ4v) is 5.11. The van der Waals surface area contributed by atoms with Gasteiger partial charge in [-0.1, -0.05) is 23.7 Å². The molecule has 1 aliphatic rings. The number of thiazole rings is 2. The zero-order valence-electron chi connectivity index (χ0n) is 14.3. The Morgan fingerprint density at radius 2 is 1.96 bits per heavy atom. The molecule has 1 aromatic carbocycles. The summed E-state index contributed by atoms with van der Waals surface area (Å²) in [6.07, 6.45) is 1.82. The monoisotopic (exact) mass is 432 g/mol. The van der Waals surface area contributed by atoms with Crippen molar-refractivity contribution in [3.8, 4) is 10.6 Å². The van der Waals surface area contributed by atoms with Crippen molar-refractivity contribution < 1.29 is 4.79 Å². The number of thioether (sulfide) groups is 1. The lowest BCUT2D eigenvalue weighted by molar-refractivity contribution is -0.115. The van der Waals surface area contributed by atoms with Crippen LogP contribution in [0.4, 0.5) is 5.13 Å². The second-order valence-corrected chi connectivity index (χ2v) is 9.20. The third kappa shape index (κ3) is 4.14. The molecule has 27 heavy (non-hydrogen) atoms. The van der Waals surface area contributed by atoms with E-state index in [2.05, 4.69) is 20.3 Å². The van der Waals surface area contributed by atoms with E-state index in [0.717, 1.165) is 26.8 Å². The first-order chi connectivity index (χ1) is 13.0. The van der Waals surface area contributed by atoms with Gasteiger partial charge in [0.15, 0.2) is 5.17 Å². The molecule has 136 valence electrons. The number of hydrogen-bond donors (Lipinski definition) is 1. The number of amidine groups is 1. The molecular weight excluding hydrogens is 420 g/mol. The van der Waals surface area contributed by atoms with Gasteiger partial charge in [-0.05, 0) is 49.4 Å². The zero-order chi connectivity index (χ0) is 19.0. The fraction of sp³-hybridized carbons (Fsp3) is 0.111. The van der Waals surface area contributed by atoms with Crippen molar-refractivity contribution in [2.75, 3.05) is 0 Å². The maximum Gasteiger partial charge on any atom is 0.264 e. The van der Waals surface area contributed by atoms with Crippen LogP contribution in [0.15, 0.2) is 39.5 Å². The predicted molar refractivity (Wildman–Crippen MR) is 115 cm³/mol.